The van der Waals surface area contributed by atoms with E-state index >= 15 is 0 Å². The molecule has 32 heavy (non-hydrogen) atoms. The molecular formula is C27H16F3NO. The summed E-state index contributed by atoms with van der Waals surface area (Å²) in [6.07, 6.45) is 0. The highest BCUT2D eigenvalue weighted by Gasteiger charge is 2.13. The van der Waals surface area contributed by atoms with Gasteiger partial charge in [-0.15, -0.1) is 0 Å². The molecule has 5 aromatic rings. The molecule has 0 bridgehead atoms. The average molecular weight is 427 g/mol. The Morgan fingerprint density at radius 3 is 1.59 bits per heavy atom. The van der Waals surface area contributed by atoms with Crippen LogP contribution in [0.4, 0.5) is 13.2 Å². The van der Waals surface area contributed by atoms with Crippen LogP contribution in [0.25, 0.3) is 44.4 Å². The van der Waals surface area contributed by atoms with Crippen LogP contribution in [-0.4, -0.2) is 4.98 Å². The Balaban J connectivity index is 1.80. The van der Waals surface area contributed by atoms with Crippen molar-refractivity contribution in [3.63, 3.8) is 0 Å². The lowest BCUT2D eigenvalue weighted by Gasteiger charge is -2.13. The summed E-state index contributed by atoms with van der Waals surface area (Å²) in [7, 11) is 0. The van der Waals surface area contributed by atoms with Crippen molar-refractivity contribution in [1.82, 2.24) is 4.98 Å². The van der Waals surface area contributed by atoms with Gasteiger partial charge in [0.05, 0.1) is 5.52 Å². The molecule has 1 N–H and O–H groups in total. The third-order valence-electron chi connectivity index (χ3n) is 5.43. The van der Waals surface area contributed by atoms with E-state index in [0.717, 1.165) is 11.1 Å². The van der Waals surface area contributed by atoms with Gasteiger partial charge in [0.1, 0.15) is 17.5 Å². The van der Waals surface area contributed by atoms with Gasteiger partial charge in [0.2, 0.25) is 0 Å². The van der Waals surface area contributed by atoms with Gasteiger partial charge in [0.25, 0.3) is 0 Å². The van der Waals surface area contributed by atoms with Crippen LogP contribution in [0, 0.1) is 17.5 Å². The summed E-state index contributed by atoms with van der Waals surface area (Å²) in [5.74, 6) is -1.09. The lowest BCUT2D eigenvalue weighted by molar-refractivity contribution is 0.627. The predicted molar refractivity (Wildman–Crippen MR) is 121 cm³/mol. The minimum absolute atomic E-state index is 0.217. The zero-order chi connectivity index (χ0) is 22.2. The summed E-state index contributed by atoms with van der Waals surface area (Å²) in [5, 5.41) is 0.442. The van der Waals surface area contributed by atoms with Crippen molar-refractivity contribution in [3.8, 4) is 33.5 Å². The first-order valence-electron chi connectivity index (χ1n) is 9.97. The molecule has 5 heteroatoms. The van der Waals surface area contributed by atoms with E-state index in [4.69, 9.17) is 0 Å². The number of pyridine rings is 1. The highest BCUT2D eigenvalue weighted by Crippen LogP contribution is 2.33. The first-order valence-corrected chi connectivity index (χ1v) is 9.97. The Morgan fingerprint density at radius 2 is 1.03 bits per heavy atom. The molecule has 2 nitrogen and oxygen atoms in total. The molecule has 5 rings (SSSR count). The number of benzene rings is 4. The Labute approximate surface area is 181 Å². The topological polar surface area (TPSA) is 32.9 Å². The maximum absolute atomic E-state index is 13.6. The smallest absolute Gasteiger partial charge is 0.190 e. The summed E-state index contributed by atoms with van der Waals surface area (Å²) in [4.78, 5) is 16.4. The fraction of sp³-hybridized carbons (Fsp3) is 0. The molecule has 1 heterocycles. The van der Waals surface area contributed by atoms with E-state index in [1.165, 1.54) is 42.5 Å². The van der Waals surface area contributed by atoms with E-state index in [0.29, 0.717) is 33.3 Å². The molecule has 0 radical (unpaired) electrons. The standard InChI is InChI=1S/C27H16F3NO/c28-20-7-1-16(2-8-20)19-13-23(17-3-9-21(29)10-4-17)27-24(14-19)26(32)15-25(31-27)18-5-11-22(30)12-6-18/h1-15H,(H,31,32). The summed E-state index contributed by atoms with van der Waals surface area (Å²) < 4.78 is 40.3. The van der Waals surface area contributed by atoms with Gasteiger partial charge in [-0.25, -0.2) is 13.2 Å². The van der Waals surface area contributed by atoms with Crippen molar-refractivity contribution in [2.24, 2.45) is 0 Å². The van der Waals surface area contributed by atoms with Gasteiger partial charge in [-0.1, -0.05) is 24.3 Å². The van der Waals surface area contributed by atoms with Gasteiger partial charge in [-0.2, -0.15) is 0 Å². The number of halogens is 3. The van der Waals surface area contributed by atoms with Crippen LogP contribution in [-0.2, 0) is 0 Å². The number of hydrogen-bond acceptors (Lipinski definition) is 1. The molecule has 0 fully saturated rings. The highest BCUT2D eigenvalue weighted by atomic mass is 19.1. The number of fused-ring (bicyclic) bond motifs is 1. The minimum Gasteiger partial charge on any atom is -0.354 e. The second-order valence-electron chi connectivity index (χ2n) is 7.51. The molecule has 4 aromatic carbocycles. The van der Waals surface area contributed by atoms with E-state index in [1.54, 1.807) is 42.5 Å². The van der Waals surface area contributed by atoms with Gasteiger partial charge in [-0.05, 0) is 82.9 Å². The second kappa shape index (κ2) is 7.85. The van der Waals surface area contributed by atoms with Gasteiger partial charge in [0.15, 0.2) is 5.43 Å². The van der Waals surface area contributed by atoms with Gasteiger partial charge < -0.3 is 4.98 Å². The average Bonchev–Trinajstić information content (AvgIpc) is 2.80. The number of aromatic amines is 1. The summed E-state index contributed by atoms with van der Waals surface area (Å²) in [5.41, 5.74) is 4.46. The quantitative estimate of drug-likeness (QED) is 0.332. The van der Waals surface area contributed by atoms with Crippen molar-refractivity contribution in [2.45, 2.75) is 0 Å². The fourth-order valence-corrected chi connectivity index (χ4v) is 3.80. The number of hydrogen-bond donors (Lipinski definition) is 1. The highest BCUT2D eigenvalue weighted by molar-refractivity contribution is 5.98. The first kappa shape index (κ1) is 19.8. The number of aromatic nitrogens is 1. The van der Waals surface area contributed by atoms with E-state index in [2.05, 4.69) is 4.98 Å². The molecule has 0 aliphatic carbocycles. The molecule has 0 aliphatic heterocycles. The molecule has 0 unspecified atom stereocenters. The Bertz CT molecular complexity index is 1490. The number of H-pyrrole nitrogens is 1. The van der Waals surface area contributed by atoms with Crippen molar-refractivity contribution in [3.05, 3.63) is 119 Å². The molecule has 0 saturated heterocycles. The normalized spacial score (nSPS) is 11.1. The van der Waals surface area contributed by atoms with Crippen LogP contribution in [0.1, 0.15) is 0 Å². The zero-order valence-corrected chi connectivity index (χ0v) is 16.7. The van der Waals surface area contributed by atoms with Crippen LogP contribution in [0.15, 0.2) is 95.8 Å². The van der Waals surface area contributed by atoms with Crippen LogP contribution in [0.2, 0.25) is 0 Å². The largest absolute Gasteiger partial charge is 0.354 e. The SMILES string of the molecule is O=c1cc(-c2ccc(F)cc2)[nH]c2c(-c3ccc(F)cc3)cc(-c3ccc(F)cc3)cc12. The Hall–Kier alpha value is -4.12. The maximum atomic E-state index is 13.6. The predicted octanol–water partition coefficient (Wildman–Crippen LogP) is 6.95. The molecule has 0 saturated carbocycles. The van der Waals surface area contributed by atoms with Gasteiger partial charge in [-0.3, -0.25) is 4.79 Å². The summed E-state index contributed by atoms with van der Waals surface area (Å²) in [6.45, 7) is 0. The fourth-order valence-electron chi connectivity index (χ4n) is 3.80. The first-order chi connectivity index (χ1) is 15.5. The van der Waals surface area contributed by atoms with Crippen molar-refractivity contribution >= 4 is 10.9 Å². The van der Waals surface area contributed by atoms with Crippen molar-refractivity contribution in [2.75, 3.05) is 0 Å². The molecule has 0 amide bonds. The van der Waals surface area contributed by atoms with Crippen molar-refractivity contribution in [1.29, 1.82) is 0 Å². The second-order valence-corrected chi connectivity index (χ2v) is 7.51. The molecule has 1 aromatic heterocycles. The van der Waals surface area contributed by atoms with E-state index in [9.17, 15) is 18.0 Å². The van der Waals surface area contributed by atoms with Crippen LogP contribution in [0.3, 0.4) is 0 Å². The minimum atomic E-state index is -0.368. The Kier molecular flexibility index (Phi) is 4.86. The molecule has 156 valence electrons. The molecule has 0 spiro atoms. The lowest BCUT2D eigenvalue weighted by Crippen LogP contribution is -2.04. The van der Waals surface area contributed by atoms with Gasteiger partial charge in [0, 0.05) is 22.7 Å². The lowest BCUT2D eigenvalue weighted by atomic mass is 9.95. The third-order valence-corrected chi connectivity index (χ3v) is 5.43. The maximum Gasteiger partial charge on any atom is 0.190 e. The monoisotopic (exact) mass is 427 g/mol. The number of rotatable bonds is 3. The molecular weight excluding hydrogens is 411 g/mol. The molecule has 0 aliphatic rings. The van der Waals surface area contributed by atoms with E-state index < -0.39 is 0 Å². The third kappa shape index (κ3) is 3.69. The zero-order valence-electron chi connectivity index (χ0n) is 16.7. The summed E-state index contributed by atoms with van der Waals surface area (Å²) in [6, 6.07) is 23.0. The Morgan fingerprint density at radius 1 is 0.531 bits per heavy atom. The summed E-state index contributed by atoms with van der Waals surface area (Å²) >= 11 is 0. The van der Waals surface area contributed by atoms with Crippen molar-refractivity contribution < 1.29 is 13.2 Å². The number of nitrogens with one attached hydrogen (secondary N) is 1. The van der Waals surface area contributed by atoms with Crippen LogP contribution >= 0.6 is 0 Å². The van der Waals surface area contributed by atoms with Gasteiger partial charge >= 0.3 is 0 Å². The van der Waals surface area contributed by atoms with E-state index in [1.807, 2.05) is 6.07 Å². The van der Waals surface area contributed by atoms with Crippen LogP contribution < -0.4 is 5.43 Å². The molecule has 0 atom stereocenters. The van der Waals surface area contributed by atoms with E-state index in [-0.39, 0.29) is 22.9 Å². The van der Waals surface area contributed by atoms with Crippen LogP contribution in [0.5, 0.6) is 0 Å².